The van der Waals surface area contributed by atoms with Gasteiger partial charge in [0.05, 0.1) is 15.8 Å². The Morgan fingerprint density at radius 3 is 2.10 bits per heavy atom. The van der Waals surface area contributed by atoms with Gasteiger partial charge < -0.3 is 5.32 Å². The van der Waals surface area contributed by atoms with Crippen molar-refractivity contribution in [2.45, 2.75) is 38.6 Å². The fourth-order valence-corrected chi connectivity index (χ4v) is 5.00. The molecule has 1 unspecified atom stereocenters. The van der Waals surface area contributed by atoms with Crippen molar-refractivity contribution in [2.75, 3.05) is 12.3 Å². The van der Waals surface area contributed by atoms with Crippen molar-refractivity contribution in [1.29, 1.82) is 0 Å². The van der Waals surface area contributed by atoms with Crippen LogP contribution < -0.4 is 5.32 Å². The molecule has 114 valence electrons. The molecule has 6 heteroatoms. The van der Waals surface area contributed by atoms with Crippen LogP contribution in [0.15, 0.2) is 23.1 Å². The molecular weight excluding hydrogens is 317 g/mol. The summed E-state index contributed by atoms with van der Waals surface area (Å²) in [6, 6.07) is 4.54. The number of nitrogens with one attached hydrogen (secondary N) is 1. The van der Waals surface area contributed by atoms with Gasteiger partial charge in [-0.05, 0) is 24.1 Å². The standard InChI is InChI=1S/C14H21Cl2NO2S/c1-5-17-12(14(2,3)4)9-20(18,19)13-10(15)7-6-8-11(13)16/h6-8,12,17H,5,9H2,1-4H3. The Bertz CT molecular complexity index is 545. The molecule has 0 saturated carbocycles. The fraction of sp³-hybridized carbons (Fsp3) is 0.571. The highest BCUT2D eigenvalue weighted by Crippen LogP contribution is 2.32. The van der Waals surface area contributed by atoms with Gasteiger partial charge in [0.25, 0.3) is 0 Å². The summed E-state index contributed by atoms with van der Waals surface area (Å²) in [5.74, 6) is -0.0339. The van der Waals surface area contributed by atoms with Crippen molar-refractivity contribution >= 4 is 33.0 Å². The molecule has 0 heterocycles. The summed E-state index contributed by atoms with van der Waals surface area (Å²) in [6.07, 6.45) is 0. The van der Waals surface area contributed by atoms with Crippen molar-refractivity contribution in [2.24, 2.45) is 5.41 Å². The van der Waals surface area contributed by atoms with Crippen LogP contribution in [0.1, 0.15) is 27.7 Å². The molecule has 0 aliphatic rings. The Kier molecular flexibility index (Phi) is 5.90. The van der Waals surface area contributed by atoms with E-state index in [9.17, 15) is 8.42 Å². The predicted octanol–water partition coefficient (Wildman–Crippen LogP) is 3.79. The van der Waals surface area contributed by atoms with Crippen molar-refractivity contribution in [3.8, 4) is 0 Å². The molecule has 1 rings (SSSR count). The van der Waals surface area contributed by atoms with Crippen LogP contribution >= 0.6 is 23.2 Å². The monoisotopic (exact) mass is 337 g/mol. The first-order valence-corrected chi connectivity index (χ1v) is 8.90. The van der Waals surface area contributed by atoms with Gasteiger partial charge in [-0.1, -0.05) is 57.0 Å². The third-order valence-electron chi connectivity index (χ3n) is 3.11. The van der Waals surface area contributed by atoms with E-state index in [1.54, 1.807) is 18.2 Å². The molecule has 3 nitrogen and oxygen atoms in total. The van der Waals surface area contributed by atoms with Crippen molar-refractivity contribution in [3.05, 3.63) is 28.2 Å². The lowest BCUT2D eigenvalue weighted by atomic mass is 9.88. The number of hydrogen-bond donors (Lipinski definition) is 1. The Morgan fingerprint density at radius 2 is 1.70 bits per heavy atom. The molecule has 0 aromatic heterocycles. The number of benzene rings is 1. The second kappa shape index (κ2) is 6.65. The molecule has 1 aromatic rings. The van der Waals surface area contributed by atoms with Gasteiger partial charge in [-0.3, -0.25) is 0 Å². The molecule has 0 spiro atoms. The summed E-state index contributed by atoms with van der Waals surface area (Å²) in [5.41, 5.74) is -0.184. The van der Waals surface area contributed by atoms with Crippen LogP contribution in [0.25, 0.3) is 0 Å². The zero-order valence-electron chi connectivity index (χ0n) is 12.2. The van der Waals surface area contributed by atoms with E-state index in [1.165, 1.54) is 0 Å². The highest BCUT2D eigenvalue weighted by molar-refractivity contribution is 7.91. The van der Waals surface area contributed by atoms with E-state index >= 15 is 0 Å². The largest absolute Gasteiger partial charge is 0.313 e. The zero-order chi connectivity index (χ0) is 15.6. The maximum Gasteiger partial charge on any atom is 0.182 e. The van der Waals surface area contributed by atoms with E-state index < -0.39 is 9.84 Å². The minimum absolute atomic E-state index is 0.0236. The SMILES string of the molecule is CCNC(CS(=O)(=O)c1c(Cl)cccc1Cl)C(C)(C)C. The maximum atomic E-state index is 12.6. The normalized spacial score (nSPS) is 14.3. The smallest absolute Gasteiger partial charge is 0.182 e. The highest BCUT2D eigenvalue weighted by atomic mass is 35.5. The van der Waals surface area contributed by atoms with Crippen LogP contribution in [0.4, 0.5) is 0 Å². The molecule has 1 aromatic carbocycles. The van der Waals surface area contributed by atoms with Crippen molar-refractivity contribution in [1.82, 2.24) is 5.32 Å². The van der Waals surface area contributed by atoms with E-state index in [0.29, 0.717) is 6.54 Å². The van der Waals surface area contributed by atoms with Gasteiger partial charge in [0, 0.05) is 6.04 Å². The van der Waals surface area contributed by atoms with Gasteiger partial charge in [-0.25, -0.2) is 8.42 Å². The Labute approximate surface area is 131 Å². The molecule has 1 atom stereocenters. The van der Waals surface area contributed by atoms with Crippen LogP contribution in [0, 0.1) is 5.41 Å². The van der Waals surface area contributed by atoms with Gasteiger partial charge in [-0.2, -0.15) is 0 Å². The first-order valence-electron chi connectivity index (χ1n) is 6.49. The van der Waals surface area contributed by atoms with E-state index in [4.69, 9.17) is 23.2 Å². The summed E-state index contributed by atoms with van der Waals surface area (Å²) in [6.45, 7) is 8.67. The molecule has 0 amide bonds. The lowest BCUT2D eigenvalue weighted by molar-refractivity contribution is 0.292. The van der Waals surface area contributed by atoms with E-state index in [1.807, 2.05) is 27.7 Å². The summed E-state index contributed by atoms with van der Waals surface area (Å²) >= 11 is 12.0. The molecule has 20 heavy (non-hydrogen) atoms. The fourth-order valence-electron chi connectivity index (χ4n) is 1.94. The average Bonchev–Trinajstić information content (AvgIpc) is 2.26. The lowest BCUT2D eigenvalue weighted by Gasteiger charge is -2.31. The molecular formula is C14H21Cl2NO2S. The van der Waals surface area contributed by atoms with Gasteiger partial charge in [0.15, 0.2) is 9.84 Å². The minimum atomic E-state index is -3.55. The summed E-state index contributed by atoms with van der Waals surface area (Å²) in [4.78, 5) is 0.0236. The van der Waals surface area contributed by atoms with Gasteiger partial charge in [-0.15, -0.1) is 0 Å². The van der Waals surface area contributed by atoms with Gasteiger partial charge >= 0.3 is 0 Å². The van der Waals surface area contributed by atoms with Crippen LogP contribution in [0.2, 0.25) is 10.0 Å². The van der Waals surface area contributed by atoms with E-state index in [0.717, 1.165) is 0 Å². The minimum Gasteiger partial charge on any atom is -0.313 e. The summed E-state index contributed by atoms with van der Waals surface area (Å²) < 4.78 is 25.2. The predicted molar refractivity (Wildman–Crippen MR) is 85.4 cm³/mol. The first kappa shape index (κ1) is 17.8. The maximum absolute atomic E-state index is 12.6. The van der Waals surface area contributed by atoms with Crippen LogP contribution in [0.5, 0.6) is 0 Å². The van der Waals surface area contributed by atoms with Crippen LogP contribution in [-0.2, 0) is 9.84 Å². The molecule has 0 saturated heterocycles. The molecule has 1 N–H and O–H groups in total. The molecule has 0 aliphatic carbocycles. The van der Waals surface area contributed by atoms with E-state index in [2.05, 4.69) is 5.32 Å². The van der Waals surface area contributed by atoms with Crippen LogP contribution in [0.3, 0.4) is 0 Å². The third-order valence-corrected chi connectivity index (χ3v) is 5.80. The number of halogens is 2. The topological polar surface area (TPSA) is 46.2 Å². The Balaban J connectivity index is 3.17. The number of sulfone groups is 1. The van der Waals surface area contributed by atoms with Crippen molar-refractivity contribution < 1.29 is 8.42 Å². The highest BCUT2D eigenvalue weighted by Gasteiger charge is 2.31. The van der Waals surface area contributed by atoms with E-state index in [-0.39, 0.29) is 32.2 Å². The second-order valence-electron chi connectivity index (χ2n) is 5.81. The summed E-state index contributed by atoms with van der Waals surface area (Å²) in [5, 5.41) is 3.56. The second-order valence-corrected chi connectivity index (χ2v) is 8.59. The first-order chi connectivity index (χ1) is 9.09. The number of hydrogen-bond acceptors (Lipinski definition) is 3. The molecule has 0 aliphatic heterocycles. The summed E-state index contributed by atoms with van der Waals surface area (Å²) in [7, 11) is -3.55. The third kappa shape index (κ3) is 4.35. The number of rotatable bonds is 5. The molecule has 0 radical (unpaired) electrons. The van der Waals surface area contributed by atoms with Gasteiger partial charge in [0.2, 0.25) is 0 Å². The zero-order valence-corrected chi connectivity index (χ0v) is 14.5. The molecule has 0 fully saturated rings. The Morgan fingerprint density at radius 1 is 1.20 bits per heavy atom. The average molecular weight is 338 g/mol. The van der Waals surface area contributed by atoms with Gasteiger partial charge in [0.1, 0.15) is 4.90 Å². The van der Waals surface area contributed by atoms with Crippen molar-refractivity contribution in [3.63, 3.8) is 0 Å². The quantitative estimate of drug-likeness (QED) is 0.888. The lowest BCUT2D eigenvalue weighted by Crippen LogP contribution is -2.45. The molecule has 0 bridgehead atoms. The van der Waals surface area contributed by atoms with Crippen LogP contribution in [-0.4, -0.2) is 26.8 Å². The Hall–Kier alpha value is -0.290.